The quantitative estimate of drug-likeness (QED) is 0.641. The summed E-state index contributed by atoms with van der Waals surface area (Å²) in [6.07, 6.45) is 2.32. The minimum absolute atomic E-state index is 0.836. The van der Waals surface area contributed by atoms with E-state index in [9.17, 15) is 0 Å². The summed E-state index contributed by atoms with van der Waals surface area (Å²) in [6, 6.07) is 6.25. The number of benzene rings is 1. The Balaban J connectivity index is 2.64. The van der Waals surface area contributed by atoms with Crippen LogP contribution < -0.4 is 4.74 Å². The van der Waals surface area contributed by atoms with E-state index in [-0.39, 0.29) is 0 Å². The topological polar surface area (TPSA) is 9.23 Å². The van der Waals surface area contributed by atoms with Crippen molar-refractivity contribution >= 4 is 0 Å². The van der Waals surface area contributed by atoms with Crippen molar-refractivity contribution in [1.29, 1.82) is 0 Å². The number of para-hydroxylation sites is 1. The van der Waals surface area contributed by atoms with Crippen LogP contribution in [0.2, 0.25) is 0 Å². The summed E-state index contributed by atoms with van der Waals surface area (Å²) in [7, 11) is 0. The molecule has 1 aromatic rings. The normalized spacial score (nSPS) is 10.1. The Labute approximate surface area is 80.7 Å². The van der Waals surface area contributed by atoms with Gasteiger partial charge in [0.15, 0.2) is 0 Å². The average Bonchev–Trinajstić information content (AvgIpc) is 2.10. The van der Waals surface area contributed by atoms with Gasteiger partial charge in [0.2, 0.25) is 0 Å². The Morgan fingerprint density at radius 1 is 1.15 bits per heavy atom. The molecule has 1 nitrogen and oxygen atoms in total. The Morgan fingerprint density at radius 3 is 2.31 bits per heavy atom. The van der Waals surface area contributed by atoms with Gasteiger partial charge in [0.05, 0.1) is 6.61 Å². The third-order valence-corrected chi connectivity index (χ3v) is 2.15. The van der Waals surface area contributed by atoms with E-state index < -0.39 is 0 Å². The van der Waals surface area contributed by atoms with Gasteiger partial charge in [-0.2, -0.15) is 0 Å². The largest absolute Gasteiger partial charge is 0.493 e. The highest BCUT2D eigenvalue weighted by Crippen LogP contribution is 2.22. The van der Waals surface area contributed by atoms with Gasteiger partial charge in [-0.15, -0.1) is 0 Å². The summed E-state index contributed by atoms with van der Waals surface area (Å²) < 4.78 is 5.71. The van der Waals surface area contributed by atoms with E-state index in [4.69, 9.17) is 4.74 Å². The number of hydrogen-bond donors (Lipinski definition) is 0. The minimum Gasteiger partial charge on any atom is -0.493 e. The molecule has 0 heterocycles. The first-order valence-electron chi connectivity index (χ1n) is 4.94. The van der Waals surface area contributed by atoms with Gasteiger partial charge in [0.25, 0.3) is 0 Å². The number of aryl methyl sites for hydroxylation is 2. The van der Waals surface area contributed by atoms with Crippen molar-refractivity contribution in [3.05, 3.63) is 29.3 Å². The molecule has 0 aliphatic heterocycles. The zero-order chi connectivity index (χ0) is 9.68. The fourth-order valence-corrected chi connectivity index (χ4v) is 1.35. The van der Waals surface area contributed by atoms with Crippen molar-refractivity contribution in [2.75, 3.05) is 6.61 Å². The molecule has 0 spiro atoms. The number of ether oxygens (including phenoxy) is 1. The molecule has 0 unspecified atom stereocenters. The van der Waals surface area contributed by atoms with Crippen LogP contribution in [0.25, 0.3) is 0 Å². The summed E-state index contributed by atoms with van der Waals surface area (Å²) in [5.74, 6) is 1.07. The third kappa shape index (κ3) is 2.76. The molecule has 0 bridgehead atoms. The molecular weight excluding hydrogens is 160 g/mol. The molecule has 72 valence electrons. The maximum Gasteiger partial charge on any atom is 0.125 e. The first kappa shape index (κ1) is 10.1. The number of unbranched alkanes of at least 4 members (excludes halogenated alkanes) is 1. The second-order valence-electron chi connectivity index (χ2n) is 3.42. The van der Waals surface area contributed by atoms with Crippen LogP contribution in [-0.2, 0) is 0 Å². The molecule has 1 aromatic carbocycles. The van der Waals surface area contributed by atoms with Crippen LogP contribution in [0, 0.1) is 13.8 Å². The summed E-state index contributed by atoms with van der Waals surface area (Å²) in [4.78, 5) is 0. The van der Waals surface area contributed by atoms with Gasteiger partial charge >= 0.3 is 0 Å². The Hall–Kier alpha value is -0.980. The van der Waals surface area contributed by atoms with Gasteiger partial charge in [-0.1, -0.05) is 31.5 Å². The predicted octanol–water partition coefficient (Wildman–Crippen LogP) is 3.48. The highest BCUT2D eigenvalue weighted by Gasteiger charge is 2.01. The molecule has 0 N–H and O–H groups in total. The predicted molar refractivity (Wildman–Crippen MR) is 56.3 cm³/mol. The van der Waals surface area contributed by atoms with Crippen LogP contribution in [0.5, 0.6) is 5.75 Å². The average molecular weight is 178 g/mol. The van der Waals surface area contributed by atoms with Crippen LogP contribution in [0.4, 0.5) is 0 Å². The summed E-state index contributed by atoms with van der Waals surface area (Å²) in [5, 5.41) is 0. The smallest absolute Gasteiger partial charge is 0.125 e. The summed E-state index contributed by atoms with van der Waals surface area (Å²) in [5.41, 5.74) is 2.47. The van der Waals surface area contributed by atoms with Crippen molar-refractivity contribution in [1.82, 2.24) is 0 Å². The van der Waals surface area contributed by atoms with Gasteiger partial charge in [-0.3, -0.25) is 0 Å². The van der Waals surface area contributed by atoms with Gasteiger partial charge < -0.3 is 4.74 Å². The van der Waals surface area contributed by atoms with Crippen LogP contribution >= 0.6 is 0 Å². The molecular formula is C12H18O. The summed E-state index contributed by atoms with van der Waals surface area (Å²) in [6.45, 7) is 7.19. The van der Waals surface area contributed by atoms with Crippen LogP contribution in [0.15, 0.2) is 18.2 Å². The van der Waals surface area contributed by atoms with Crippen molar-refractivity contribution < 1.29 is 4.74 Å². The SMILES string of the molecule is CCCCOc1c(C)cccc1C. The van der Waals surface area contributed by atoms with Crippen LogP contribution in [-0.4, -0.2) is 6.61 Å². The standard InChI is InChI=1S/C12H18O/c1-4-5-9-13-12-10(2)7-6-8-11(12)3/h6-8H,4-5,9H2,1-3H3. The first-order chi connectivity index (χ1) is 6.25. The molecule has 0 aromatic heterocycles. The lowest BCUT2D eigenvalue weighted by molar-refractivity contribution is 0.305. The molecule has 0 radical (unpaired) electrons. The molecule has 0 fully saturated rings. The van der Waals surface area contributed by atoms with Crippen LogP contribution in [0.1, 0.15) is 30.9 Å². The molecule has 13 heavy (non-hydrogen) atoms. The van der Waals surface area contributed by atoms with Crippen LogP contribution in [0.3, 0.4) is 0 Å². The second-order valence-corrected chi connectivity index (χ2v) is 3.42. The maximum absolute atomic E-state index is 5.71. The van der Waals surface area contributed by atoms with E-state index in [1.807, 2.05) is 0 Å². The second kappa shape index (κ2) is 4.90. The number of rotatable bonds is 4. The zero-order valence-corrected chi connectivity index (χ0v) is 8.76. The van der Waals surface area contributed by atoms with Gasteiger partial charge in [0, 0.05) is 0 Å². The highest BCUT2D eigenvalue weighted by atomic mass is 16.5. The van der Waals surface area contributed by atoms with E-state index in [0.717, 1.165) is 18.8 Å². The van der Waals surface area contributed by atoms with Crippen molar-refractivity contribution in [3.8, 4) is 5.75 Å². The summed E-state index contributed by atoms with van der Waals surface area (Å²) >= 11 is 0. The fraction of sp³-hybridized carbons (Fsp3) is 0.500. The molecule has 1 rings (SSSR count). The first-order valence-corrected chi connectivity index (χ1v) is 4.94. The van der Waals surface area contributed by atoms with Crippen molar-refractivity contribution in [2.45, 2.75) is 33.6 Å². The highest BCUT2D eigenvalue weighted by molar-refractivity contribution is 5.39. The lowest BCUT2D eigenvalue weighted by atomic mass is 10.1. The fourth-order valence-electron chi connectivity index (χ4n) is 1.35. The molecule has 0 aliphatic carbocycles. The van der Waals surface area contributed by atoms with E-state index in [2.05, 4.69) is 39.0 Å². The van der Waals surface area contributed by atoms with Crippen molar-refractivity contribution in [2.24, 2.45) is 0 Å². The van der Waals surface area contributed by atoms with E-state index in [1.165, 1.54) is 17.5 Å². The molecule has 0 saturated heterocycles. The molecule has 1 heteroatoms. The Morgan fingerprint density at radius 2 is 1.77 bits per heavy atom. The van der Waals surface area contributed by atoms with E-state index in [0.29, 0.717) is 0 Å². The Kier molecular flexibility index (Phi) is 3.81. The van der Waals surface area contributed by atoms with Gasteiger partial charge in [-0.25, -0.2) is 0 Å². The third-order valence-electron chi connectivity index (χ3n) is 2.15. The zero-order valence-electron chi connectivity index (χ0n) is 8.76. The van der Waals surface area contributed by atoms with Gasteiger partial charge in [0.1, 0.15) is 5.75 Å². The minimum atomic E-state index is 0.836. The van der Waals surface area contributed by atoms with Gasteiger partial charge in [-0.05, 0) is 31.4 Å². The van der Waals surface area contributed by atoms with Crippen molar-refractivity contribution in [3.63, 3.8) is 0 Å². The molecule has 0 aliphatic rings. The Bertz CT molecular complexity index is 246. The molecule has 0 saturated carbocycles. The van der Waals surface area contributed by atoms with E-state index in [1.54, 1.807) is 0 Å². The van der Waals surface area contributed by atoms with E-state index >= 15 is 0 Å². The number of hydrogen-bond acceptors (Lipinski definition) is 1. The lowest BCUT2D eigenvalue weighted by Gasteiger charge is -2.10. The lowest BCUT2D eigenvalue weighted by Crippen LogP contribution is -1.99. The monoisotopic (exact) mass is 178 g/mol. The maximum atomic E-state index is 5.71. The molecule has 0 amide bonds. The molecule has 0 atom stereocenters.